The molecule has 5 nitrogen and oxygen atoms in total. The second-order valence-corrected chi connectivity index (χ2v) is 3.38. The largest absolute Gasteiger partial charge is 0.465 e. The van der Waals surface area contributed by atoms with Crippen LogP contribution in [0, 0.1) is 10.1 Å². The summed E-state index contributed by atoms with van der Waals surface area (Å²) in [6, 6.07) is 6.93. The Bertz CT molecular complexity index is 423. The lowest BCUT2D eigenvalue weighted by Gasteiger charge is -2.00. The normalized spacial score (nSPS) is 10.4. The second-order valence-electron chi connectivity index (χ2n) is 3.38. The number of carbonyl (C=O) groups is 1. The lowest BCUT2D eigenvalue weighted by Crippen LogP contribution is -2.00. The molecule has 0 radical (unpaired) electrons. The highest BCUT2D eigenvalue weighted by Crippen LogP contribution is 2.06. The van der Waals surface area contributed by atoms with Crippen molar-refractivity contribution in [2.45, 2.75) is 6.42 Å². The number of hydrogen-bond acceptors (Lipinski definition) is 4. The number of nitrogens with zero attached hydrogens (tertiary/aromatic N) is 1. The van der Waals surface area contributed by atoms with E-state index in [1.54, 1.807) is 30.3 Å². The Hall–Kier alpha value is -2.17. The quantitative estimate of drug-likeness (QED) is 0.338. The predicted molar refractivity (Wildman–Crippen MR) is 62.5 cm³/mol. The fourth-order valence-corrected chi connectivity index (χ4v) is 1.27. The summed E-state index contributed by atoms with van der Waals surface area (Å²) in [5.74, 6) is -0.375. The minimum Gasteiger partial charge on any atom is -0.465 e. The molecule has 0 N–H and O–H groups in total. The molecule has 0 saturated heterocycles. The van der Waals surface area contributed by atoms with Crippen molar-refractivity contribution in [2.24, 2.45) is 0 Å². The van der Waals surface area contributed by atoms with E-state index < -0.39 is 4.92 Å². The summed E-state index contributed by atoms with van der Waals surface area (Å²) in [7, 11) is 1.33. The Morgan fingerprint density at radius 3 is 2.53 bits per heavy atom. The van der Waals surface area contributed by atoms with Gasteiger partial charge in [0, 0.05) is 4.92 Å². The number of rotatable bonds is 5. The molecule has 90 valence electrons. The first-order chi connectivity index (χ1) is 8.13. The molecule has 0 spiro atoms. The van der Waals surface area contributed by atoms with Crippen LogP contribution in [0.5, 0.6) is 0 Å². The van der Waals surface area contributed by atoms with Crippen LogP contribution in [0.1, 0.15) is 15.9 Å². The molecular formula is C12H13NO4. The third kappa shape index (κ3) is 4.46. The van der Waals surface area contributed by atoms with Gasteiger partial charge in [-0.15, -0.1) is 0 Å². The van der Waals surface area contributed by atoms with Gasteiger partial charge < -0.3 is 4.74 Å². The molecule has 0 aliphatic carbocycles. The van der Waals surface area contributed by atoms with Crippen LogP contribution in [-0.4, -0.2) is 24.5 Å². The summed E-state index contributed by atoms with van der Waals surface area (Å²) in [4.78, 5) is 20.8. The first-order valence-corrected chi connectivity index (χ1v) is 5.07. The number of methoxy groups -OCH3 is 1. The van der Waals surface area contributed by atoms with Gasteiger partial charge in [-0.3, -0.25) is 10.1 Å². The summed E-state index contributed by atoms with van der Waals surface area (Å²) >= 11 is 0. The number of hydrogen-bond donors (Lipinski definition) is 0. The van der Waals surface area contributed by atoms with Crippen LogP contribution in [0.3, 0.4) is 0 Å². The zero-order valence-electron chi connectivity index (χ0n) is 9.46. The standard InChI is InChI=1S/C12H13NO4/c1-17-12(14)11-7-5-10(6-8-11)4-2-3-9-13(15)16/h2-3,5-8H,4,9H2,1H3. The zero-order chi connectivity index (χ0) is 12.7. The monoisotopic (exact) mass is 235 g/mol. The van der Waals surface area contributed by atoms with E-state index in [9.17, 15) is 14.9 Å². The van der Waals surface area contributed by atoms with Crippen molar-refractivity contribution in [3.05, 3.63) is 57.7 Å². The van der Waals surface area contributed by atoms with Crippen LogP contribution >= 0.6 is 0 Å². The number of benzene rings is 1. The molecule has 5 heteroatoms. The third-order valence-corrected chi connectivity index (χ3v) is 2.15. The molecule has 0 atom stereocenters. The van der Waals surface area contributed by atoms with Crippen LogP contribution in [-0.2, 0) is 11.2 Å². The maximum atomic E-state index is 11.1. The van der Waals surface area contributed by atoms with Crippen LogP contribution in [0.15, 0.2) is 36.4 Å². The predicted octanol–water partition coefficient (Wildman–Crippen LogP) is 1.85. The molecular weight excluding hydrogens is 222 g/mol. The molecule has 0 fully saturated rings. The van der Waals surface area contributed by atoms with Crippen molar-refractivity contribution in [3.8, 4) is 0 Å². The van der Waals surface area contributed by atoms with Crippen molar-refractivity contribution < 1.29 is 14.5 Å². The van der Waals surface area contributed by atoms with Gasteiger partial charge >= 0.3 is 5.97 Å². The molecule has 1 rings (SSSR count). The first-order valence-electron chi connectivity index (χ1n) is 5.07. The molecule has 0 saturated carbocycles. The molecule has 0 amide bonds. The van der Waals surface area contributed by atoms with Gasteiger partial charge in [0.05, 0.1) is 12.7 Å². The fourth-order valence-electron chi connectivity index (χ4n) is 1.27. The Labute approximate surface area is 98.9 Å². The van der Waals surface area contributed by atoms with E-state index in [0.717, 1.165) is 5.56 Å². The number of esters is 1. The van der Waals surface area contributed by atoms with Gasteiger partial charge in [-0.05, 0) is 30.2 Å². The van der Waals surface area contributed by atoms with Crippen molar-refractivity contribution in [1.82, 2.24) is 0 Å². The Morgan fingerprint density at radius 2 is 2.00 bits per heavy atom. The minimum absolute atomic E-state index is 0.166. The lowest BCUT2D eigenvalue weighted by molar-refractivity contribution is -0.468. The Kier molecular flexibility index (Phi) is 4.87. The molecule has 1 aromatic carbocycles. The average molecular weight is 235 g/mol. The summed E-state index contributed by atoms with van der Waals surface area (Å²) in [5, 5.41) is 10.1. The van der Waals surface area contributed by atoms with Gasteiger partial charge in [0.1, 0.15) is 0 Å². The van der Waals surface area contributed by atoms with Crippen molar-refractivity contribution in [2.75, 3.05) is 13.7 Å². The molecule has 0 unspecified atom stereocenters. The minimum atomic E-state index is -0.392. The number of allylic oxidation sites excluding steroid dienone is 1. The van der Waals surface area contributed by atoms with Crippen molar-refractivity contribution in [1.29, 1.82) is 0 Å². The van der Waals surface area contributed by atoms with Gasteiger partial charge in [0.15, 0.2) is 0 Å². The highest BCUT2D eigenvalue weighted by Gasteiger charge is 2.03. The van der Waals surface area contributed by atoms with E-state index in [1.165, 1.54) is 13.2 Å². The molecule has 1 aromatic rings. The summed E-state index contributed by atoms with van der Waals surface area (Å²) in [5.41, 5.74) is 1.47. The van der Waals surface area contributed by atoms with E-state index in [0.29, 0.717) is 12.0 Å². The number of carbonyl (C=O) groups excluding carboxylic acids is 1. The van der Waals surface area contributed by atoms with Crippen LogP contribution in [0.2, 0.25) is 0 Å². The van der Waals surface area contributed by atoms with Gasteiger partial charge in [-0.25, -0.2) is 4.79 Å². The van der Waals surface area contributed by atoms with Crippen molar-refractivity contribution >= 4 is 5.97 Å². The SMILES string of the molecule is COC(=O)c1ccc(CC=CC[N+](=O)[O-])cc1. The van der Waals surface area contributed by atoms with E-state index >= 15 is 0 Å². The van der Waals surface area contributed by atoms with Crippen molar-refractivity contribution in [3.63, 3.8) is 0 Å². The van der Waals surface area contributed by atoms with Crippen LogP contribution in [0.4, 0.5) is 0 Å². The summed E-state index contributed by atoms with van der Waals surface area (Å²) in [6.45, 7) is -0.166. The molecule has 0 aliphatic rings. The fraction of sp³-hybridized carbons (Fsp3) is 0.250. The van der Waals surface area contributed by atoms with Gasteiger partial charge in [0.25, 0.3) is 0 Å². The highest BCUT2D eigenvalue weighted by molar-refractivity contribution is 5.89. The highest BCUT2D eigenvalue weighted by atomic mass is 16.6. The molecule has 0 aromatic heterocycles. The Balaban J connectivity index is 2.54. The lowest BCUT2D eigenvalue weighted by atomic mass is 10.1. The maximum absolute atomic E-state index is 11.1. The van der Waals surface area contributed by atoms with E-state index in [-0.39, 0.29) is 12.5 Å². The Morgan fingerprint density at radius 1 is 1.35 bits per heavy atom. The van der Waals surface area contributed by atoms with E-state index in [1.807, 2.05) is 0 Å². The molecule has 0 heterocycles. The number of nitro groups is 1. The summed E-state index contributed by atoms with van der Waals surface area (Å²) in [6.07, 6.45) is 3.85. The molecule has 0 aliphatic heterocycles. The third-order valence-electron chi connectivity index (χ3n) is 2.15. The molecule has 0 bridgehead atoms. The van der Waals surface area contributed by atoms with E-state index in [2.05, 4.69) is 4.74 Å². The topological polar surface area (TPSA) is 69.4 Å². The van der Waals surface area contributed by atoms with E-state index in [4.69, 9.17) is 0 Å². The zero-order valence-corrected chi connectivity index (χ0v) is 9.46. The smallest absolute Gasteiger partial charge is 0.337 e. The van der Waals surface area contributed by atoms with Crippen LogP contribution in [0.25, 0.3) is 0 Å². The van der Waals surface area contributed by atoms with Crippen LogP contribution < -0.4 is 0 Å². The van der Waals surface area contributed by atoms with Gasteiger partial charge in [0.2, 0.25) is 6.54 Å². The van der Waals surface area contributed by atoms with Gasteiger partial charge in [-0.1, -0.05) is 18.2 Å². The number of ether oxygens (including phenoxy) is 1. The van der Waals surface area contributed by atoms with Gasteiger partial charge in [-0.2, -0.15) is 0 Å². The summed E-state index contributed by atoms with van der Waals surface area (Å²) < 4.78 is 4.57. The maximum Gasteiger partial charge on any atom is 0.337 e. The average Bonchev–Trinajstić information content (AvgIpc) is 2.34. The first kappa shape index (κ1) is 12.9. The second kappa shape index (κ2) is 6.42. The molecule has 17 heavy (non-hydrogen) atoms.